The van der Waals surface area contributed by atoms with Crippen LogP contribution >= 0.6 is 11.3 Å². The molecule has 12 heteroatoms. The number of rotatable bonds is 6. The van der Waals surface area contributed by atoms with Gasteiger partial charge in [-0.2, -0.15) is 0 Å². The maximum atomic E-state index is 12.6. The van der Waals surface area contributed by atoms with Gasteiger partial charge in [0.25, 0.3) is 35.4 Å². The second-order valence-electron chi connectivity index (χ2n) is 9.01. The van der Waals surface area contributed by atoms with Crippen molar-refractivity contribution < 1.29 is 28.8 Å². The van der Waals surface area contributed by atoms with Crippen LogP contribution in [-0.4, -0.2) is 41.7 Å². The lowest BCUT2D eigenvalue weighted by atomic mass is 10.1. The molecule has 0 saturated carbocycles. The third-order valence-electron chi connectivity index (χ3n) is 6.33. The number of imide groups is 2. The van der Waals surface area contributed by atoms with Crippen molar-refractivity contribution >= 4 is 68.7 Å². The number of carbonyl (C=O) groups excluding carboxylic acids is 6. The molecular formula is C29H17N5O6S. The third-order valence-corrected chi connectivity index (χ3v) is 7.24. The van der Waals surface area contributed by atoms with E-state index in [0.717, 1.165) is 5.56 Å². The van der Waals surface area contributed by atoms with Crippen LogP contribution < -0.4 is 21.3 Å². The Labute approximate surface area is 235 Å². The van der Waals surface area contributed by atoms with Gasteiger partial charge in [-0.25, -0.2) is 4.99 Å². The summed E-state index contributed by atoms with van der Waals surface area (Å²) in [5.74, 6) is -2.88. The summed E-state index contributed by atoms with van der Waals surface area (Å²) in [7, 11) is 0. The SMILES string of the molecule is O=C(Nc1ccc(C=Nc2ccc(NC(=O)c3ccc4c(c3)C(=O)NC4=O)s2)cc1)c1ccc2c(c1)C(=O)NC2=O. The van der Waals surface area contributed by atoms with E-state index in [-0.39, 0.29) is 33.4 Å². The van der Waals surface area contributed by atoms with Crippen molar-refractivity contribution in [2.24, 2.45) is 4.99 Å². The van der Waals surface area contributed by atoms with Crippen molar-refractivity contribution in [2.45, 2.75) is 0 Å². The van der Waals surface area contributed by atoms with Crippen molar-refractivity contribution in [2.75, 3.05) is 10.6 Å². The molecule has 0 unspecified atom stereocenters. The number of hydrogen-bond acceptors (Lipinski definition) is 8. The van der Waals surface area contributed by atoms with Gasteiger partial charge in [0.15, 0.2) is 0 Å². The smallest absolute Gasteiger partial charge is 0.258 e. The standard InChI is InChI=1S/C29H17N5O6S/c35-24(15-3-7-18-20(11-15)28(39)33-26(18)37)31-17-5-1-14(2-6-17)13-30-22-9-10-23(41-22)32-25(36)16-4-8-19-21(12-16)29(40)34-27(19)38/h1-13H,(H,31,35)(H,32,36)(H,33,37,39)(H,34,38,40). The predicted octanol–water partition coefficient (Wildman–Crippen LogP) is 3.77. The number of thiophene rings is 1. The van der Waals surface area contributed by atoms with Crippen LogP contribution in [0.2, 0.25) is 0 Å². The fraction of sp³-hybridized carbons (Fsp3) is 0. The minimum atomic E-state index is -0.531. The average molecular weight is 564 g/mol. The second-order valence-corrected chi connectivity index (χ2v) is 10.1. The van der Waals surface area contributed by atoms with Crippen molar-refractivity contribution in [3.8, 4) is 0 Å². The Morgan fingerprint density at radius 1 is 0.634 bits per heavy atom. The van der Waals surface area contributed by atoms with Crippen LogP contribution in [0.15, 0.2) is 77.8 Å². The van der Waals surface area contributed by atoms with Crippen molar-refractivity contribution in [3.05, 3.63) is 112 Å². The number of nitrogens with zero attached hydrogens (tertiary/aromatic N) is 1. The van der Waals surface area contributed by atoms with Crippen LogP contribution in [0.25, 0.3) is 0 Å². The quantitative estimate of drug-likeness (QED) is 0.206. The van der Waals surface area contributed by atoms with E-state index in [1.165, 1.54) is 47.7 Å². The van der Waals surface area contributed by atoms with Gasteiger partial charge in [0.2, 0.25) is 0 Å². The molecule has 0 spiro atoms. The predicted molar refractivity (Wildman–Crippen MR) is 150 cm³/mol. The number of carbonyl (C=O) groups is 6. The highest BCUT2D eigenvalue weighted by atomic mass is 32.1. The summed E-state index contributed by atoms with van der Waals surface area (Å²) >= 11 is 1.25. The maximum Gasteiger partial charge on any atom is 0.258 e. The van der Waals surface area contributed by atoms with Gasteiger partial charge in [0, 0.05) is 23.0 Å². The van der Waals surface area contributed by atoms with Crippen molar-refractivity contribution in [3.63, 3.8) is 0 Å². The minimum absolute atomic E-state index is 0.166. The van der Waals surface area contributed by atoms with Crippen molar-refractivity contribution in [1.82, 2.24) is 10.6 Å². The molecule has 2 aliphatic heterocycles. The zero-order valence-corrected chi connectivity index (χ0v) is 21.6. The molecule has 41 heavy (non-hydrogen) atoms. The van der Waals surface area contributed by atoms with Crippen LogP contribution in [0.4, 0.5) is 15.7 Å². The molecule has 2 aliphatic rings. The van der Waals surface area contributed by atoms with Crippen molar-refractivity contribution in [1.29, 1.82) is 0 Å². The summed E-state index contributed by atoms with van der Waals surface area (Å²) in [6.07, 6.45) is 1.63. The first kappa shape index (κ1) is 25.5. The fourth-order valence-electron chi connectivity index (χ4n) is 4.26. The van der Waals surface area contributed by atoms with Gasteiger partial charge in [-0.05, 0) is 66.2 Å². The van der Waals surface area contributed by atoms with E-state index in [4.69, 9.17) is 0 Å². The zero-order valence-electron chi connectivity index (χ0n) is 20.8. The van der Waals surface area contributed by atoms with Gasteiger partial charge < -0.3 is 10.6 Å². The number of hydrogen-bond donors (Lipinski definition) is 4. The van der Waals surface area contributed by atoms with E-state index >= 15 is 0 Å². The molecule has 0 fully saturated rings. The van der Waals surface area contributed by atoms with E-state index in [1.807, 2.05) is 0 Å². The van der Waals surface area contributed by atoms with Gasteiger partial charge in [0.1, 0.15) is 5.00 Å². The number of anilines is 2. The summed E-state index contributed by atoms with van der Waals surface area (Å²) in [4.78, 5) is 76.8. The molecule has 0 aliphatic carbocycles. The van der Waals surface area contributed by atoms with Crippen LogP contribution in [0.3, 0.4) is 0 Å². The minimum Gasteiger partial charge on any atom is -0.322 e. The molecule has 1 aromatic heterocycles. The molecule has 11 nitrogen and oxygen atoms in total. The van der Waals surface area contributed by atoms with Gasteiger partial charge in [-0.3, -0.25) is 39.4 Å². The molecule has 6 amide bonds. The average Bonchev–Trinajstić information content (AvgIpc) is 3.62. The summed E-state index contributed by atoms with van der Waals surface area (Å²) < 4.78 is 0. The van der Waals surface area contributed by atoms with Crippen LogP contribution in [0.5, 0.6) is 0 Å². The van der Waals surface area contributed by atoms with E-state index in [0.29, 0.717) is 15.7 Å². The number of amides is 6. The molecule has 6 rings (SSSR count). The first-order chi connectivity index (χ1) is 19.7. The number of aliphatic imine (C=N–C) groups is 1. The molecule has 0 bridgehead atoms. The molecule has 4 aromatic rings. The van der Waals surface area contributed by atoms with Gasteiger partial charge in [-0.1, -0.05) is 23.5 Å². The number of fused-ring (bicyclic) bond motifs is 2. The normalized spacial score (nSPS) is 13.6. The zero-order chi connectivity index (χ0) is 28.7. The highest BCUT2D eigenvalue weighted by Gasteiger charge is 2.28. The Kier molecular flexibility index (Phi) is 6.28. The summed E-state index contributed by atoms with van der Waals surface area (Å²) in [5, 5.41) is 11.1. The molecule has 3 aromatic carbocycles. The summed E-state index contributed by atoms with van der Waals surface area (Å²) in [5.41, 5.74) is 2.60. The van der Waals surface area contributed by atoms with E-state index in [1.54, 1.807) is 42.6 Å². The fourth-order valence-corrected chi connectivity index (χ4v) is 5.01. The van der Waals surface area contributed by atoms with Crippen LogP contribution in [0.1, 0.15) is 67.7 Å². The lowest BCUT2D eigenvalue weighted by Crippen LogP contribution is -2.19. The molecule has 0 radical (unpaired) electrons. The topological polar surface area (TPSA) is 163 Å². The maximum absolute atomic E-state index is 12.6. The van der Waals surface area contributed by atoms with Gasteiger partial charge in [0.05, 0.1) is 27.3 Å². The Balaban J connectivity index is 1.06. The first-order valence-electron chi connectivity index (χ1n) is 12.1. The summed E-state index contributed by atoms with van der Waals surface area (Å²) in [6.45, 7) is 0. The van der Waals surface area contributed by atoms with Gasteiger partial charge in [-0.15, -0.1) is 0 Å². The van der Waals surface area contributed by atoms with Crippen LogP contribution in [0, 0.1) is 0 Å². The number of nitrogens with one attached hydrogen (secondary N) is 4. The Hall–Kier alpha value is -5.75. The Morgan fingerprint density at radius 2 is 1.17 bits per heavy atom. The van der Waals surface area contributed by atoms with Crippen LogP contribution in [-0.2, 0) is 0 Å². The third kappa shape index (κ3) is 5.02. The molecular weight excluding hydrogens is 546 g/mol. The Morgan fingerprint density at radius 3 is 1.76 bits per heavy atom. The highest BCUT2D eigenvalue weighted by molar-refractivity contribution is 7.19. The molecule has 0 saturated heterocycles. The van der Waals surface area contributed by atoms with Gasteiger partial charge >= 0.3 is 0 Å². The monoisotopic (exact) mass is 563 g/mol. The molecule has 200 valence electrons. The Bertz CT molecular complexity index is 1860. The lowest BCUT2D eigenvalue weighted by molar-refractivity contribution is 0.0863. The lowest BCUT2D eigenvalue weighted by Gasteiger charge is -2.06. The summed E-state index contributed by atoms with van der Waals surface area (Å²) in [6, 6.07) is 19.0. The number of benzene rings is 3. The molecule has 0 atom stereocenters. The largest absolute Gasteiger partial charge is 0.322 e. The second kappa shape index (κ2) is 10.1. The molecule has 4 N–H and O–H groups in total. The first-order valence-corrected chi connectivity index (χ1v) is 12.9. The van der Waals surface area contributed by atoms with E-state index in [9.17, 15) is 28.8 Å². The van der Waals surface area contributed by atoms with E-state index < -0.39 is 35.4 Å². The highest BCUT2D eigenvalue weighted by Crippen LogP contribution is 2.30. The molecule has 3 heterocycles. The van der Waals surface area contributed by atoms with E-state index in [2.05, 4.69) is 26.3 Å².